The molecule has 0 saturated carbocycles. The lowest BCUT2D eigenvalue weighted by Gasteiger charge is -2.04. The fourth-order valence-electron chi connectivity index (χ4n) is 0.932. The molecule has 1 amide bonds. The molecule has 0 radical (unpaired) electrons. The van der Waals surface area contributed by atoms with E-state index >= 15 is 0 Å². The van der Waals surface area contributed by atoms with E-state index in [-0.39, 0.29) is 18.2 Å². The van der Waals surface area contributed by atoms with Crippen LogP contribution in [-0.2, 0) is 0 Å². The number of hydrogen-bond acceptors (Lipinski definition) is 2. The first-order chi connectivity index (χ1) is 7.00. The van der Waals surface area contributed by atoms with Crippen LogP contribution in [0.3, 0.4) is 0 Å². The van der Waals surface area contributed by atoms with Gasteiger partial charge in [-0.05, 0) is 34.1 Å². The van der Waals surface area contributed by atoms with Crippen LogP contribution in [0.15, 0.2) is 34.3 Å². The summed E-state index contributed by atoms with van der Waals surface area (Å²) in [4.78, 5) is 11.5. The summed E-state index contributed by atoms with van der Waals surface area (Å²) < 4.78 is 0.542. The standard InChI is InChI=1S/C10H9BrClNO2/c1-6(12)5-13-10(15)7-2-3-8(11)9(14)4-7/h2-4,14H,1,5H2,(H,13,15). The second kappa shape index (κ2) is 5.19. The van der Waals surface area contributed by atoms with E-state index in [0.717, 1.165) is 0 Å². The molecule has 15 heavy (non-hydrogen) atoms. The van der Waals surface area contributed by atoms with E-state index in [1.165, 1.54) is 6.07 Å². The van der Waals surface area contributed by atoms with Crippen LogP contribution in [0, 0.1) is 0 Å². The van der Waals surface area contributed by atoms with Crippen LogP contribution in [0.25, 0.3) is 0 Å². The van der Waals surface area contributed by atoms with Gasteiger partial charge in [0.1, 0.15) is 5.75 Å². The lowest BCUT2D eigenvalue weighted by Crippen LogP contribution is -2.24. The molecule has 1 aromatic carbocycles. The number of phenols is 1. The highest BCUT2D eigenvalue weighted by molar-refractivity contribution is 9.10. The number of phenolic OH excluding ortho intramolecular Hbond substituents is 1. The number of halogens is 2. The highest BCUT2D eigenvalue weighted by Crippen LogP contribution is 2.24. The summed E-state index contributed by atoms with van der Waals surface area (Å²) in [5, 5.41) is 12.3. The van der Waals surface area contributed by atoms with Gasteiger partial charge in [0.05, 0.1) is 11.0 Å². The van der Waals surface area contributed by atoms with Crippen LogP contribution in [0.4, 0.5) is 0 Å². The summed E-state index contributed by atoms with van der Waals surface area (Å²) >= 11 is 8.62. The maximum Gasteiger partial charge on any atom is 0.251 e. The average molecular weight is 291 g/mol. The van der Waals surface area contributed by atoms with E-state index in [1.54, 1.807) is 12.1 Å². The van der Waals surface area contributed by atoms with Gasteiger partial charge in [-0.15, -0.1) is 0 Å². The van der Waals surface area contributed by atoms with Crippen molar-refractivity contribution in [3.05, 3.63) is 39.8 Å². The Kier molecular flexibility index (Phi) is 4.17. The lowest BCUT2D eigenvalue weighted by atomic mass is 10.2. The van der Waals surface area contributed by atoms with Gasteiger partial charge in [0.25, 0.3) is 5.91 Å². The molecule has 80 valence electrons. The fourth-order valence-corrected chi connectivity index (χ4v) is 1.25. The quantitative estimate of drug-likeness (QED) is 0.899. The van der Waals surface area contributed by atoms with Gasteiger partial charge in [-0.25, -0.2) is 0 Å². The summed E-state index contributed by atoms with van der Waals surface area (Å²) in [6, 6.07) is 4.56. The first-order valence-corrected chi connectivity index (χ1v) is 5.28. The molecule has 0 saturated heterocycles. The van der Waals surface area contributed by atoms with E-state index in [2.05, 4.69) is 27.8 Å². The number of aromatic hydroxyl groups is 1. The van der Waals surface area contributed by atoms with Gasteiger partial charge in [0, 0.05) is 10.6 Å². The van der Waals surface area contributed by atoms with Crippen molar-refractivity contribution in [1.82, 2.24) is 5.32 Å². The molecule has 0 unspecified atom stereocenters. The monoisotopic (exact) mass is 289 g/mol. The van der Waals surface area contributed by atoms with Gasteiger partial charge in [-0.3, -0.25) is 4.79 Å². The minimum Gasteiger partial charge on any atom is -0.507 e. The van der Waals surface area contributed by atoms with Crippen molar-refractivity contribution < 1.29 is 9.90 Å². The summed E-state index contributed by atoms with van der Waals surface area (Å²) in [5.74, 6) is -0.285. The first-order valence-electron chi connectivity index (χ1n) is 4.10. The largest absolute Gasteiger partial charge is 0.507 e. The molecule has 0 spiro atoms. The zero-order chi connectivity index (χ0) is 11.4. The van der Waals surface area contributed by atoms with Crippen LogP contribution < -0.4 is 5.32 Å². The zero-order valence-electron chi connectivity index (χ0n) is 7.76. The SMILES string of the molecule is C=C(Cl)CNC(=O)c1ccc(Br)c(O)c1. The lowest BCUT2D eigenvalue weighted by molar-refractivity contribution is 0.0957. The Morgan fingerprint density at radius 1 is 1.60 bits per heavy atom. The number of nitrogens with one attached hydrogen (secondary N) is 1. The molecule has 0 aliphatic carbocycles. The van der Waals surface area contributed by atoms with Gasteiger partial charge >= 0.3 is 0 Å². The topological polar surface area (TPSA) is 49.3 Å². The molecule has 0 bridgehead atoms. The normalized spacial score (nSPS) is 9.73. The summed E-state index contributed by atoms with van der Waals surface area (Å²) in [6.45, 7) is 3.65. The smallest absolute Gasteiger partial charge is 0.251 e. The second-order valence-corrected chi connectivity index (χ2v) is 4.25. The molecule has 0 aliphatic rings. The molecule has 0 heterocycles. The molecule has 5 heteroatoms. The van der Waals surface area contributed by atoms with Crippen molar-refractivity contribution in [2.24, 2.45) is 0 Å². The first kappa shape index (κ1) is 12.1. The van der Waals surface area contributed by atoms with Crippen LogP contribution in [0.5, 0.6) is 5.75 Å². The van der Waals surface area contributed by atoms with Gasteiger partial charge in [0.15, 0.2) is 0 Å². The summed E-state index contributed by atoms with van der Waals surface area (Å²) in [6.07, 6.45) is 0. The van der Waals surface area contributed by atoms with Crippen molar-refractivity contribution in [3.63, 3.8) is 0 Å². The number of carbonyl (C=O) groups is 1. The van der Waals surface area contributed by atoms with Crippen LogP contribution >= 0.6 is 27.5 Å². The molecular weight excluding hydrogens is 281 g/mol. The molecule has 0 atom stereocenters. The predicted octanol–water partition coefficient (Wildman–Crippen LogP) is 2.64. The van der Waals surface area contributed by atoms with Crippen LogP contribution in [0.2, 0.25) is 0 Å². The Balaban J connectivity index is 2.74. The van der Waals surface area contributed by atoms with Crippen molar-refractivity contribution in [1.29, 1.82) is 0 Å². The Hall–Kier alpha value is -1.00. The minimum absolute atomic E-state index is 0.0207. The van der Waals surface area contributed by atoms with E-state index in [9.17, 15) is 9.90 Å². The van der Waals surface area contributed by atoms with Crippen LogP contribution in [0.1, 0.15) is 10.4 Å². The van der Waals surface area contributed by atoms with E-state index < -0.39 is 0 Å². The predicted molar refractivity (Wildman–Crippen MR) is 63.1 cm³/mol. The molecule has 3 nitrogen and oxygen atoms in total. The fraction of sp³-hybridized carbons (Fsp3) is 0.100. The Bertz CT molecular complexity index is 406. The third-order valence-corrected chi connectivity index (χ3v) is 2.45. The van der Waals surface area contributed by atoms with Crippen molar-refractivity contribution in [2.45, 2.75) is 0 Å². The van der Waals surface area contributed by atoms with Gasteiger partial charge < -0.3 is 10.4 Å². The van der Waals surface area contributed by atoms with E-state index in [0.29, 0.717) is 15.1 Å². The molecule has 0 aromatic heterocycles. The van der Waals surface area contributed by atoms with Crippen molar-refractivity contribution in [3.8, 4) is 5.75 Å². The van der Waals surface area contributed by atoms with Crippen molar-refractivity contribution in [2.75, 3.05) is 6.54 Å². The number of hydrogen-bond donors (Lipinski definition) is 2. The van der Waals surface area contributed by atoms with Gasteiger partial charge in [-0.1, -0.05) is 18.2 Å². The molecule has 0 fully saturated rings. The Labute approximate surface area is 101 Å². The molecule has 1 aromatic rings. The molecule has 1 rings (SSSR count). The van der Waals surface area contributed by atoms with E-state index in [1.807, 2.05) is 0 Å². The second-order valence-electron chi connectivity index (χ2n) is 2.87. The highest BCUT2D eigenvalue weighted by Gasteiger charge is 2.07. The third kappa shape index (κ3) is 3.57. The Morgan fingerprint density at radius 3 is 2.80 bits per heavy atom. The van der Waals surface area contributed by atoms with Gasteiger partial charge in [0.2, 0.25) is 0 Å². The number of benzene rings is 1. The molecule has 0 aliphatic heterocycles. The number of carbonyl (C=O) groups excluding carboxylic acids is 1. The highest BCUT2D eigenvalue weighted by atomic mass is 79.9. The Morgan fingerprint density at radius 2 is 2.27 bits per heavy atom. The number of amides is 1. The van der Waals surface area contributed by atoms with Gasteiger partial charge in [-0.2, -0.15) is 0 Å². The summed E-state index contributed by atoms with van der Waals surface area (Å²) in [7, 11) is 0. The zero-order valence-corrected chi connectivity index (χ0v) is 10.1. The van der Waals surface area contributed by atoms with Crippen molar-refractivity contribution >= 4 is 33.4 Å². The molecular formula is C10H9BrClNO2. The third-order valence-electron chi connectivity index (χ3n) is 1.65. The van der Waals surface area contributed by atoms with Crippen LogP contribution in [-0.4, -0.2) is 17.6 Å². The summed E-state index contributed by atoms with van der Waals surface area (Å²) in [5.41, 5.74) is 0.369. The molecule has 2 N–H and O–H groups in total. The van der Waals surface area contributed by atoms with E-state index in [4.69, 9.17) is 11.6 Å². The maximum atomic E-state index is 11.5. The maximum absolute atomic E-state index is 11.5. The number of rotatable bonds is 3. The minimum atomic E-state index is -0.306. The average Bonchev–Trinajstić information content (AvgIpc) is 2.18.